The van der Waals surface area contributed by atoms with Crippen LogP contribution in [0.15, 0.2) is 23.4 Å². The zero-order chi connectivity index (χ0) is 11.4. The molecule has 0 bridgehead atoms. The molecule has 1 unspecified atom stereocenters. The Morgan fingerprint density at radius 3 is 2.47 bits per heavy atom. The molecule has 0 aromatic carbocycles. The zero-order valence-corrected chi connectivity index (χ0v) is 10.6. The largest absolute Gasteiger partial charge is 0.389 e. The van der Waals surface area contributed by atoms with Crippen molar-refractivity contribution in [3.8, 4) is 0 Å². The lowest BCUT2D eigenvalue weighted by Crippen LogP contribution is -2.06. The molecule has 1 aromatic heterocycles. The predicted molar refractivity (Wildman–Crippen MR) is 65.0 cm³/mol. The lowest BCUT2D eigenvalue weighted by atomic mass is 10.2. The van der Waals surface area contributed by atoms with Crippen LogP contribution in [-0.2, 0) is 0 Å². The maximum atomic E-state index is 9.45. The SMILES string of the molecule is CC(C)C(C)Sc1cc([C@H](C)O)ccn1. The Morgan fingerprint density at radius 1 is 1.27 bits per heavy atom. The minimum Gasteiger partial charge on any atom is -0.389 e. The Labute approximate surface area is 96.1 Å². The molecule has 0 saturated carbocycles. The summed E-state index contributed by atoms with van der Waals surface area (Å²) in [5.74, 6) is 0.631. The first-order chi connectivity index (χ1) is 7.00. The maximum Gasteiger partial charge on any atom is 0.0966 e. The monoisotopic (exact) mass is 225 g/mol. The molecule has 0 amide bonds. The fourth-order valence-electron chi connectivity index (χ4n) is 1.08. The van der Waals surface area contributed by atoms with E-state index in [1.807, 2.05) is 12.1 Å². The van der Waals surface area contributed by atoms with E-state index in [-0.39, 0.29) is 0 Å². The number of aromatic nitrogens is 1. The van der Waals surface area contributed by atoms with Crippen molar-refractivity contribution in [3.63, 3.8) is 0 Å². The van der Waals surface area contributed by atoms with Crippen molar-refractivity contribution in [2.75, 3.05) is 0 Å². The summed E-state index contributed by atoms with van der Waals surface area (Å²) in [5.41, 5.74) is 0.934. The molecule has 15 heavy (non-hydrogen) atoms. The first-order valence-electron chi connectivity index (χ1n) is 5.31. The van der Waals surface area contributed by atoms with Gasteiger partial charge < -0.3 is 5.11 Å². The predicted octanol–water partition coefficient (Wildman–Crippen LogP) is 3.27. The highest BCUT2D eigenvalue weighted by molar-refractivity contribution is 7.99. The summed E-state index contributed by atoms with van der Waals surface area (Å²) in [6.07, 6.45) is 1.35. The van der Waals surface area contributed by atoms with Crippen molar-refractivity contribution in [1.29, 1.82) is 0 Å². The van der Waals surface area contributed by atoms with E-state index in [1.165, 1.54) is 0 Å². The molecule has 1 heterocycles. The van der Waals surface area contributed by atoms with Crippen LogP contribution >= 0.6 is 11.8 Å². The third-order valence-electron chi connectivity index (χ3n) is 2.49. The van der Waals surface area contributed by atoms with Gasteiger partial charge in [-0.05, 0) is 30.5 Å². The Hall–Kier alpha value is -0.540. The summed E-state index contributed by atoms with van der Waals surface area (Å²) in [6, 6.07) is 3.82. The molecule has 2 nitrogen and oxygen atoms in total. The van der Waals surface area contributed by atoms with Crippen molar-refractivity contribution < 1.29 is 5.11 Å². The quantitative estimate of drug-likeness (QED) is 0.798. The minimum atomic E-state index is -0.415. The van der Waals surface area contributed by atoms with Gasteiger partial charge in [0.2, 0.25) is 0 Å². The van der Waals surface area contributed by atoms with Gasteiger partial charge in [0.1, 0.15) is 0 Å². The van der Waals surface area contributed by atoms with E-state index < -0.39 is 6.10 Å². The highest BCUT2D eigenvalue weighted by Gasteiger charge is 2.10. The number of rotatable bonds is 4. The van der Waals surface area contributed by atoms with E-state index in [2.05, 4.69) is 25.8 Å². The lowest BCUT2D eigenvalue weighted by molar-refractivity contribution is 0.199. The van der Waals surface area contributed by atoms with Crippen LogP contribution in [0.3, 0.4) is 0 Å². The number of nitrogens with zero attached hydrogens (tertiary/aromatic N) is 1. The fraction of sp³-hybridized carbons (Fsp3) is 0.583. The topological polar surface area (TPSA) is 33.1 Å². The van der Waals surface area contributed by atoms with Gasteiger partial charge in [0, 0.05) is 11.4 Å². The average molecular weight is 225 g/mol. The molecule has 3 heteroatoms. The van der Waals surface area contributed by atoms with Crippen molar-refractivity contribution >= 4 is 11.8 Å². The molecule has 1 N–H and O–H groups in total. The van der Waals surface area contributed by atoms with E-state index in [9.17, 15) is 5.11 Å². The van der Waals surface area contributed by atoms with Crippen molar-refractivity contribution in [3.05, 3.63) is 23.9 Å². The average Bonchev–Trinajstić information content (AvgIpc) is 2.18. The first-order valence-corrected chi connectivity index (χ1v) is 6.19. The summed E-state index contributed by atoms with van der Waals surface area (Å²) < 4.78 is 0. The summed E-state index contributed by atoms with van der Waals surface area (Å²) in [4.78, 5) is 4.30. The molecule has 0 saturated heterocycles. The molecule has 0 radical (unpaired) electrons. The molecule has 0 aliphatic carbocycles. The summed E-state index contributed by atoms with van der Waals surface area (Å²) in [7, 11) is 0. The van der Waals surface area contributed by atoms with E-state index in [0.29, 0.717) is 11.2 Å². The van der Waals surface area contributed by atoms with Crippen LogP contribution in [0.2, 0.25) is 0 Å². The highest BCUT2D eigenvalue weighted by Crippen LogP contribution is 2.27. The Balaban J connectivity index is 2.73. The molecule has 2 atom stereocenters. The molecule has 0 spiro atoms. The third kappa shape index (κ3) is 3.84. The minimum absolute atomic E-state index is 0.415. The van der Waals surface area contributed by atoms with Gasteiger partial charge in [-0.15, -0.1) is 11.8 Å². The summed E-state index contributed by atoms with van der Waals surface area (Å²) in [6.45, 7) is 8.38. The molecule has 0 aliphatic rings. The van der Waals surface area contributed by atoms with Crippen LogP contribution in [0, 0.1) is 5.92 Å². The smallest absolute Gasteiger partial charge is 0.0966 e. The van der Waals surface area contributed by atoms with Crippen molar-refractivity contribution in [1.82, 2.24) is 4.98 Å². The lowest BCUT2D eigenvalue weighted by Gasteiger charge is -2.14. The van der Waals surface area contributed by atoms with Gasteiger partial charge in [0.15, 0.2) is 0 Å². The van der Waals surface area contributed by atoms with Gasteiger partial charge in [-0.1, -0.05) is 20.8 Å². The molecular weight excluding hydrogens is 206 g/mol. The van der Waals surface area contributed by atoms with Crippen molar-refractivity contribution in [2.45, 2.75) is 44.1 Å². The van der Waals surface area contributed by atoms with Crippen LogP contribution in [0.4, 0.5) is 0 Å². The fourth-order valence-corrected chi connectivity index (χ4v) is 2.05. The second kappa shape index (κ2) is 5.52. The van der Waals surface area contributed by atoms with Crippen LogP contribution in [0.5, 0.6) is 0 Å². The van der Waals surface area contributed by atoms with Gasteiger partial charge in [0.25, 0.3) is 0 Å². The second-order valence-electron chi connectivity index (χ2n) is 4.17. The van der Waals surface area contributed by atoms with E-state index in [1.54, 1.807) is 24.9 Å². The molecule has 1 rings (SSSR count). The van der Waals surface area contributed by atoms with Gasteiger partial charge in [-0.25, -0.2) is 4.98 Å². The molecule has 84 valence electrons. The number of thioether (sulfide) groups is 1. The molecular formula is C12H19NOS. The Bertz CT molecular complexity index is 312. The number of hydrogen-bond donors (Lipinski definition) is 1. The summed E-state index contributed by atoms with van der Waals surface area (Å²) in [5, 5.41) is 11.0. The normalized spacial score (nSPS) is 15.3. The van der Waals surface area contributed by atoms with Gasteiger partial charge in [-0.2, -0.15) is 0 Å². The second-order valence-corrected chi connectivity index (χ2v) is 5.57. The van der Waals surface area contributed by atoms with Crippen molar-refractivity contribution in [2.24, 2.45) is 5.92 Å². The number of hydrogen-bond acceptors (Lipinski definition) is 3. The number of aliphatic hydroxyl groups excluding tert-OH is 1. The van der Waals surface area contributed by atoms with E-state index in [4.69, 9.17) is 0 Å². The standard InChI is InChI=1S/C12H19NOS/c1-8(2)10(4)15-12-7-11(9(3)14)5-6-13-12/h5-10,14H,1-4H3/t9-,10?/m0/s1. The van der Waals surface area contributed by atoms with E-state index >= 15 is 0 Å². The van der Waals surface area contributed by atoms with E-state index in [0.717, 1.165) is 10.6 Å². The van der Waals surface area contributed by atoms with Crippen LogP contribution in [0.1, 0.15) is 39.4 Å². The third-order valence-corrected chi connectivity index (χ3v) is 3.87. The van der Waals surface area contributed by atoms with Crippen LogP contribution in [-0.4, -0.2) is 15.3 Å². The van der Waals surface area contributed by atoms with Gasteiger partial charge in [-0.3, -0.25) is 0 Å². The highest BCUT2D eigenvalue weighted by atomic mass is 32.2. The summed E-state index contributed by atoms with van der Waals surface area (Å²) >= 11 is 1.76. The molecule has 0 aliphatic heterocycles. The maximum absolute atomic E-state index is 9.45. The molecule has 1 aromatic rings. The zero-order valence-electron chi connectivity index (χ0n) is 9.77. The first kappa shape index (κ1) is 12.5. The number of pyridine rings is 1. The molecule has 0 fully saturated rings. The van der Waals surface area contributed by atoms with Crippen LogP contribution < -0.4 is 0 Å². The Kier molecular flexibility index (Phi) is 4.61. The Morgan fingerprint density at radius 2 is 1.93 bits per heavy atom. The van der Waals surface area contributed by atoms with Crippen LogP contribution in [0.25, 0.3) is 0 Å². The van der Waals surface area contributed by atoms with Gasteiger partial charge in [0.05, 0.1) is 11.1 Å². The van der Waals surface area contributed by atoms with Gasteiger partial charge >= 0.3 is 0 Å². The number of aliphatic hydroxyl groups is 1.